The van der Waals surface area contributed by atoms with Crippen molar-refractivity contribution in [1.29, 1.82) is 0 Å². The summed E-state index contributed by atoms with van der Waals surface area (Å²) in [7, 11) is 0. The predicted molar refractivity (Wildman–Crippen MR) is 113 cm³/mol. The first-order valence-corrected chi connectivity index (χ1v) is 10.0. The summed E-state index contributed by atoms with van der Waals surface area (Å²) in [6, 6.07) is 15.8. The molecule has 0 radical (unpaired) electrons. The third kappa shape index (κ3) is 4.76. The monoisotopic (exact) mass is 436 g/mol. The molecule has 1 amide bonds. The molecule has 0 unspecified atom stereocenters. The van der Waals surface area contributed by atoms with Crippen LogP contribution < -0.4 is 5.32 Å². The summed E-state index contributed by atoms with van der Waals surface area (Å²) in [5.74, 6) is -1.92. The van der Waals surface area contributed by atoms with Gasteiger partial charge in [-0.05, 0) is 33.9 Å². The number of alkyl carbamates (subject to hydrolysis) is 1. The number of aromatic nitrogens is 1. The van der Waals surface area contributed by atoms with Crippen molar-refractivity contribution in [3.63, 3.8) is 0 Å². The number of hydrogen-bond donors (Lipinski definition) is 2. The van der Waals surface area contributed by atoms with E-state index in [-0.39, 0.29) is 25.7 Å². The van der Waals surface area contributed by atoms with Crippen molar-refractivity contribution in [2.75, 3.05) is 13.2 Å². The highest BCUT2D eigenvalue weighted by atomic mass is 19.1. The first kappa shape index (κ1) is 21.5. The van der Waals surface area contributed by atoms with E-state index in [1.165, 1.54) is 12.3 Å². The van der Waals surface area contributed by atoms with Crippen molar-refractivity contribution in [2.45, 2.75) is 18.6 Å². The first-order valence-electron chi connectivity index (χ1n) is 10.0. The Bertz CT molecular complexity index is 1090. The van der Waals surface area contributed by atoms with Crippen LogP contribution in [0.25, 0.3) is 11.1 Å². The second-order valence-electron chi connectivity index (χ2n) is 7.39. The summed E-state index contributed by atoms with van der Waals surface area (Å²) >= 11 is 0. The maximum Gasteiger partial charge on any atom is 0.407 e. The number of pyridine rings is 1. The Morgan fingerprint density at radius 3 is 2.34 bits per heavy atom. The van der Waals surface area contributed by atoms with Gasteiger partial charge in [0, 0.05) is 12.1 Å². The molecule has 32 heavy (non-hydrogen) atoms. The molecule has 0 aliphatic heterocycles. The van der Waals surface area contributed by atoms with Gasteiger partial charge in [0.1, 0.15) is 12.4 Å². The second-order valence-corrected chi connectivity index (χ2v) is 7.39. The van der Waals surface area contributed by atoms with E-state index >= 15 is 0 Å². The number of carbonyl (C=O) groups is 2. The van der Waals surface area contributed by atoms with Gasteiger partial charge in [0.05, 0.1) is 19.4 Å². The van der Waals surface area contributed by atoms with E-state index in [0.29, 0.717) is 5.56 Å². The fourth-order valence-electron chi connectivity index (χ4n) is 3.79. The van der Waals surface area contributed by atoms with E-state index in [2.05, 4.69) is 10.3 Å². The minimum Gasteiger partial charge on any atom is -0.480 e. The van der Waals surface area contributed by atoms with Gasteiger partial charge in [-0.15, -0.1) is 0 Å². The third-order valence-electron chi connectivity index (χ3n) is 5.25. The van der Waals surface area contributed by atoms with Crippen LogP contribution in [0.1, 0.15) is 22.6 Å². The Balaban J connectivity index is 1.34. The number of nitrogens with one attached hydrogen (secondary N) is 1. The fraction of sp³-hybridized carbons (Fsp3) is 0.208. The predicted octanol–water partition coefficient (Wildman–Crippen LogP) is 3.73. The van der Waals surface area contributed by atoms with Crippen LogP contribution >= 0.6 is 0 Å². The normalized spacial score (nSPS) is 13.2. The Labute approximate surface area is 183 Å². The molecule has 1 aromatic heterocycles. The molecule has 2 aromatic carbocycles. The molecule has 1 atom stereocenters. The summed E-state index contributed by atoms with van der Waals surface area (Å²) in [5, 5.41) is 11.7. The van der Waals surface area contributed by atoms with Crippen molar-refractivity contribution in [1.82, 2.24) is 10.3 Å². The van der Waals surface area contributed by atoms with Crippen molar-refractivity contribution in [3.8, 4) is 11.1 Å². The number of aliphatic carboxylic acids is 1. The Kier molecular flexibility index (Phi) is 6.42. The number of halogens is 1. The van der Waals surface area contributed by atoms with Gasteiger partial charge in [0.2, 0.25) is 0 Å². The SMILES string of the molecule is O=C(N[C@@H](COCc1cncc(F)c1)C(=O)O)OCC1c2ccccc2-c2ccccc21. The van der Waals surface area contributed by atoms with E-state index in [1.54, 1.807) is 0 Å². The van der Waals surface area contributed by atoms with Crippen LogP contribution in [0.15, 0.2) is 67.0 Å². The molecule has 164 valence electrons. The number of fused-ring (bicyclic) bond motifs is 3. The first-order chi connectivity index (χ1) is 15.5. The molecule has 0 saturated carbocycles. The molecule has 0 spiro atoms. The lowest BCUT2D eigenvalue weighted by molar-refractivity contribution is -0.141. The van der Waals surface area contributed by atoms with Crippen molar-refractivity contribution in [2.24, 2.45) is 0 Å². The van der Waals surface area contributed by atoms with Crippen molar-refractivity contribution in [3.05, 3.63) is 89.5 Å². The van der Waals surface area contributed by atoms with Gasteiger partial charge in [-0.25, -0.2) is 14.0 Å². The maximum atomic E-state index is 13.2. The van der Waals surface area contributed by atoms with Crippen molar-refractivity contribution >= 4 is 12.1 Å². The van der Waals surface area contributed by atoms with Gasteiger partial charge in [0.15, 0.2) is 6.04 Å². The fourth-order valence-corrected chi connectivity index (χ4v) is 3.79. The van der Waals surface area contributed by atoms with Gasteiger partial charge < -0.3 is 19.9 Å². The quantitative estimate of drug-likeness (QED) is 0.559. The van der Waals surface area contributed by atoms with Gasteiger partial charge >= 0.3 is 12.1 Å². The minimum atomic E-state index is -1.31. The van der Waals surface area contributed by atoms with Gasteiger partial charge in [-0.3, -0.25) is 4.98 Å². The third-order valence-corrected chi connectivity index (χ3v) is 5.25. The summed E-state index contributed by atoms with van der Waals surface area (Å²) in [4.78, 5) is 27.5. The molecule has 1 aliphatic carbocycles. The van der Waals surface area contributed by atoms with E-state index < -0.39 is 23.9 Å². The molecule has 3 aromatic rings. The average molecular weight is 436 g/mol. The van der Waals surface area contributed by atoms with E-state index in [0.717, 1.165) is 28.5 Å². The Morgan fingerprint density at radius 1 is 1.06 bits per heavy atom. The Hall–Kier alpha value is -3.78. The number of ether oxygens (including phenoxy) is 2. The highest BCUT2D eigenvalue weighted by molar-refractivity contribution is 5.81. The van der Waals surface area contributed by atoms with Crippen molar-refractivity contribution < 1.29 is 28.6 Å². The zero-order valence-corrected chi connectivity index (χ0v) is 17.0. The molecule has 7 nitrogen and oxygen atoms in total. The van der Waals surface area contributed by atoms with Crippen LogP contribution in [0, 0.1) is 5.82 Å². The van der Waals surface area contributed by atoms with E-state index in [1.807, 2.05) is 48.5 Å². The highest BCUT2D eigenvalue weighted by Crippen LogP contribution is 2.44. The molecule has 1 aliphatic rings. The molecule has 1 heterocycles. The molecular formula is C24H21FN2O5. The molecule has 8 heteroatoms. The number of carbonyl (C=O) groups excluding carboxylic acids is 1. The maximum absolute atomic E-state index is 13.2. The molecule has 4 rings (SSSR count). The standard InChI is InChI=1S/C24H21FN2O5/c25-16-9-15(10-26-11-16)12-31-14-22(23(28)29)27-24(30)32-13-21-19-7-3-1-5-17(19)18-6-2-4-8-20(18)21/h1-11,21-22H,12-14H2,(H,27,30)(H,28,29)/t22-/m0/s1. The highest BCUT2D eigenvalue weighted by Gasteiger charge is 2.29. The zero-order chi connectivity index (χ0) is 22.5. The topological polar surface area (TPSA) is 97.8 Å². The number of carboxylic acids is 1. The summed E-state index contributed by atoms with van der Waals surface area (Å²) in [6.07, 6.45) is 1.62. The lowest BCUT2D eigenvalue weighted by Crippen LogP contribution is -2.44. The molecule has 2 N–H and O–H groups in total. The van der Waals surface area contributed by atoms with Crippen LogP contribution in [-0.2, 0) is 20.9 Å². The largest absolute Gasteiger partial charge is 0.480 e. The average Bonchev–Trinajstić information content (AvgIpc) is 3.11. The number of nitrogens with zero attached hydrogens (tertiary/aromatic N) is 1. The molecule has 0 fully saturated rings. The number of hydrogen-bond acceptors (Lipinski definition) is 5. The summed E-state index contributed by atoms with van der Waals surface area (Å²) in [6.45, 7) is -0.279. The molecule has 0 saturated heterocycles. The minimum absolute atomic E-state index is 0.0408. The van der Waals surface area contributed by atoms with E-state index in [4.69, 9.17) is 9.47 Å². The van der Waals surface area contributed by atoms with Crippen LogP contribution in [0.2, 0.25) is 0 Å². The van der Waals surface area contributed by atoms with E-state index in [9.17, 15) is 19.1 Å². The van der Waals surface area contributed by atoms with Crippen LogP contribution in [0.4, 0.5) is 9.18 Å². The second kappa shape index (κ2) is 9.57. The Morgan fingerprint density at radius 2 is 1.72 bits per heavy atom. The number of amides is 1. The van der Waals surface area contributed by atoms with Gasteiger partial charge in [-0.2, -0.15) is 0 Å². The number of carboxylic acid groups (broad SMARTS) is 1. The number of benzene rings is 2. The molecular weight excluding hydrogens is 415 g/mol. The summed E-state index contributed by atoms with van der Waals surface area (Å²) < 4.78 is 23.9. The smallest absolute Gasteiger partial charge is 0.407 e. The molecule has 0 bridgehead atoms. The number of rotatable bonds is 8. The van der Waals surface area contributed by atoms with Gasteiger partial charge in [0.25, 0.3) is 0 Å². The van der Waals surface area contributed by atoms with Gasteiger partial charge in [-0.1, -0.05) is 48.5 Å². The van der Waals surface area contributed by atoms with Crippen LogP contribution in [0.3, 0.4) is 0 Å². The summed E-state index contributed by atoms with van der Waals surface area (Å²) in [5.41, 5.74) is 4.77. The lowest BCUT2D eigenvalue weighted by atomic mass is 9.98. The zero-order valence-electron chi connectivity index (χ0n) is 17.0. The van der Waals surface area contributed by atoms with Crippen LogP contribution in [0.5, 0.6) is 0 Å². The lowest BCUT2D eigenvalue weighted by Gasteiger charge is -2.17. The van der Waals surface area contributed by atoms with Crippen LogP contribution in [-0.4, -0.2) is 41.4 Å².